The molecule has 3 aromatic rings. The average molecular weight is 312 g/mol. The number of thioether (sulfide) groups is 1. The van der Waals surface area contributed by atoms with Gasteiger partial charge in [0.25, 0.3) is 5.56 Å². The predicted octanol–water partition coefficient (Wildman–Crippen LogP) is 3.46. The van der Waals surface area contributed by atoms with Crippen molar-refractivity contribution in [3.8, 4) is 5.75 Å². The molecule has 0 saturated carbocycles. The number of ether oxygens (including phenoxy) is 1. The highest BCUT2D eigenvalue weighted by Crippen LogP contribution is 2.21. The number of fused-ring (bicyclic) bond motifs is 1. The van der Waals surface area contributed by atoms with Crippen molar-refractivity contribution >= 4 is 22.7 Å². The summed E-state index contributed by atoms with van der Waals surface area (Å²) in [7, 11) is 1.59. The van der Waals surface area contributed by atoms with E-state index in [4.69, 9.17) is 4.74 Å². The summed E-state index contributed by atoms with van der Waals surface area (Å²) >= 11 is 1.61. The Hall–Kier alpha value is -2.27. The Morgan fingerprint density at radius 1 is 1.18 bits per heavy atom. The molecule has 0 atom stereocenters. The quantitative estimate of drug-likeness (QED) is 0.692. The Morgan fingerprint density at radius 2 is 1.95 bits per heavy atom. The Kier molecular flexibility index (Phi) is 4.15. The fourth-order valence-electron chi connectivity index (χ4n) is 2.25. The molecular weight excluding hydrogens is 296 g/mol. The molecule has 0 aliphatic rings. The molecule has 112 valence electrons. The van der Waals surface area contributed by atoms with Crippen molar-refractivity contribution in [1.82, 2.24) is 9.55 Å². The summed E-state index contributed by atoms with van der Waals surface area (Å²) < 4.78 is 6.89. The van der Waals surface area contributed by atoms with Crippen molar-refractivity contribution in [2.24, 2.45) is 0 Å². The first-order valence-electron chi connectivity index (χ1n) is 6.92. The van der Waals surface area contributed by atoms with Crippen molar-refractivity contribution in [2.75, 3.05) is 7.11 Å². The van der Waals surface area contributed by atoms with Crippen LogP contribution in [0, 0.1) is 6.92 Å². The standard InChI is InChI=1S/C17H16N2O2S/c1-12-18-16-9-8-13(21-2)10-15(16)17(20)19(12)11-22-14-6-4-3-5-7-14/h3-10H,11H2,1-2H3. The smallest absolute Gasteiger partial charge is 0.262 e. The summed E-state index contributed by atoms with van der Waals surface area (Å²) in [5.74, 6) is 1.91. The minimum Gasteiger partial charge on any atom is -0.497 e. The van der Waals surface area contributed by atoms with E-state index in [-0.39, 0.29) is 5.56 Å². The van der Waals surface area contributed by atoms with Gasteiger partial charge >= 0.3 is 0 Å². The van der Waals surface area contributed by atoms with Crippen molar-refractivity contribution < 1.29 is 4.74 Å². The van der Waals surface area contributed by atoms with Crippen LogP contribution in [-0.2, 0) is 5.88 Å². The van der Waals surface area contributed by atoms with Crippen molar-refractivity contribution in [3.63, 3.8) is 0 Å². The highest BCUT2D eigenvalue weighted by atomic mass is 32.2. The minimum atomic E-state index is -0.0372. The highest BCUT2D eigenvalue weighted by molar-refractivity contribution is 7.98. The molecule has 0 fully saturated rings. The lowest BCUT2D eigenvalue weighted by molar-refractivity contribution is 0.415. The van der Waals surface area contributed by atoms with Crippen LogP contribution in [0.4, 0.5) is 0 Å². The van der Waals surface area contributed by atoms with Crippen LogP contribution in [0.15, 0.2) is 58.2 Å². The van der Waals surface area contributed by atoms with Crippen LogP contribution in [-0.4, -0.2) is 16.7 Å². The Bertz CT molecular complexity index is 860. The van der Waals surface area contributed by atoms with Crippen LogP contribution >= 0.6 is 11.8 Å². The normalized spacial score (nSPS) is 10.8. The Balaban J connectivity index is 2.00. The summed E-state index contributed by atoms with van der Waals surface area (Å²) in [6.45, 7) is 1.86. The van der Waals surface area contributed by atoms with Crippen molar-refractivity contribution in [1.29, 1.82) is 0 Å². The zero-order valence-electron chi connectivity index (χ0n) is 12.4. The van der Waals surface area contributed by atoms with Crippen LogP contribution in [0.5, 0.6) is 5.75 Å². The van der Waals surface area contributed by atoms with Gasteiger partial charge < -0.3 is 4.74 Å². The molecule has 22 heavy (non-hydrogen) atoms. The number of aromatic nitrogens is 2. The van der Waals surface area contributed by atoms with Gasteiger partial charge in [0.1, 0.15) is 11.6 Å². The zero-order chi connectivity index (χ0) is 15.5. The molecule has 0 aliphatic carbocycles. The van der Waals surface area contributed by atoms with Gasteiger partial charge in [-0.05, 0) is 37.3 Å². The number of nitrogens with zero attached hydrogens (tertiary/aromatic N) is 2. The lowest BCUT2D eigenvalue weighted by atomic mass is 10.2. The first-order chi connectivity index (χ1) is 10.7. The third-order valence-electron chi connectivity index (χ3n) is 3.46. The van der Waals surface area contributed by atoms with E-state index in [9.17, 15) is 4.79 Å². The van der Waals surface area contributed by atoms with Gasteiger partial charge in [0.15, 0.2) is 0 Å². The van der Waals surface area contributed by atoms with E-state index in [2.05, 4.69) is 4.98 Å². The van der Waals surface area contributed by atoms with Gasteiger partial charge in [0.05, 0.1) is 23.9 Å². The molecule has 0 saturated heterocycles. The van der Waals surface area contributed by atoms with Crippen LogP contribution in [0.2, 0.25) is 0 Å². The SMILES string of the molecule is COc1ccc2nc(C)n(CSc3ccccc3)c(=O)c2c1. The summed E-state index contributed by atoms with van der Waals surface area (Å²) in [5.41, 5.74) is 0.661. The molecule has 0 unspecified atom stereocenters. The maximum absolute atomic E-state index is 12.7. The Morgan fingerprint density at radius 3 is 2.68 bits per heavy atom. The minimum absolute atomic E-state index is 0.0372. The lowest BCUT2D eigenvalue weighted by Gasteiger charge is -2.11. The number of rotatable bonds is 4. The second kappa shape index (κ2) is 6.23. The van der Waals surface area contributed by atoms with Crippen LogP contribution < -0.4 is 10.3 Å². The molecule has 1 aromatic heterocycles. The first kappa shape index (κ1) is 14.7. The average Bonchev–Trinajstić information content (AvgIpc) is 2.55. The molecular formula is C17H16N2O2S. The predicted molar refractivity (Wildman–Crippen MR) is 89.6 cm³/mol. The molecule has 0 aliphatic heterocycles. The van der Waals surface area contributed by atoms with E-state index in [1.54, 1.807) is 29.5 Å². The molecule has 0 spiro atoms. The summed E-state index contributed by atoms with van der Waals surface area (Å²) in [6.07, 6.45) is 0. The fraction of sp³-hybridized carbons (Fsp3) is 0.176. The number of methoxy groups -OCH3 is 1. The van der Waals surface area contributed by atoms with Crippen LogP contribution in [0.1, 0.15) is 5.82 Å². The fourth-order valence-corrected chi connectivity index (χ4v) is 3.18. The van der Waals surface area contributed by atoms with Gasteiger partial charge in [-0.15, -0.1) is 11.8 Å². The maximum Gasteiger partial charge on any atom is 0.262 e. The van der Waals surface area contributed by atoms with E-state index in [1.165, 1.54) is 0 Å². The van der Waals surface area contributed by atoms with Gasteiger partial charge in [-0.25, -0.2) is 4.98 Å². The van der Waals surface area contributed by atoms with E-state index in [0.717, 1.165) is 4.90 Å². The molecule has 0 radical (unpaired) electrons. The third kappa shape index (κ3) is 2.85. The monoisotopic (exact) mass is 312 g/mol. The third-order valence-corrected chi connectivity index (χ3v) is 4.45. The lowest BCUT2D eigenvalue weighted by Crippen LogP contribution is -2.23. The zero-order valence-corrected chi connectivity index (χ0v) is 13.3. The van der Waals surface area contributed by atoms with Gasteiger partial charge in [-0.3, -0.25) is 9.36 Å². The highest BCUT2D eigenvalue weighted by Gasteiger charge is 2.09. The van der Waals surface area contributed by atoms with E-state index in [0.29, 0.717) is 28.4 Å². The van der Waals surface area contributed by atoms with Crippen molar-refractivity contribution in [3.05, 3.63) is 64.7 Å². The van der Waals surface area contributed by atoms with Crippen LogP contribution in [0.3, 0.4) is 0 Å². The van der Waals surface area contributed by atoms with E-state index < -0.39 is 0 Å². The van der Waals surface area contributed by atoms with Gasteiger partial charge in [0.2, 0.25) is 0 Å². The largest absolute Gasteiger partial charge is 0.497 e. The van der Waals surface area contributed by atoms with Crippen LogP contribution in [0.25, 0.3) is 10.9 Å². The topological polar surface area (TPSA) is 44.1 Å². The molecule has 3 rings (SSSR count). The molecule has 0 amide bonds. The number of hydrogen-bond donors (Lipinski definition) is 0. The van der Waals surface area contributed by atoms with E-state index in [1.807, 2.05) is 49.4 Å². The number of aryl methyl sites for hydroxylation is 1. The molecule has 0 N–H and O–H groups in total. The van der Waals surface area contributed by atoms with Gasteiger partial charge in [-0.1, -0.05) is 18.2 Å². The Labute approximate surface area is 132 Å². The maximum atomic E-state index is 12.7. The second-order valence-electron chi connectivity index (χ2n) is 4.86. The number of hydrogen-bond acceptors (Lipinski definition) is 4. The summed E-state index contributed by atoms with van der Waals surface area (Å²) in [5, 5.41) is 0.582. The second-order valence-corrected chi connectivity index (χ2v) is 5.88. The molecule has 1 heterocycles. The summed E-state index contributed by atoms with van der Waals surface area (Å²) in [6, 6.07) is 15.4. The number of benzene rings is 2. The molecule has 0 bridgehead atoms. The molecule has 5 heteroatoms. The molecule has 4 nitrogen and oxygen atoms in total. The van der Waals surface area contributed by atoms with E-state index >= 15 is 0 Å². The summed E-state index contributed by atoms with van der Waals surface area (Å²) in [4.78, 5) is 18.3. The first-order valence-corrected chi connectivity index (χ1v) is 7.90. The van der Waals surface area contributed by atoms with Crippen molar-refractivity contribution in [2.45, 2.75) is 17.7 Å². The molecule has 2 aromatic carbocycles. The van der Waals surface area contributed by atoms with Gasteiger partial charge in [-0.2, -0.15) is 0 Å². The van der Waals surface area contributed by atoms with Gasteiger partial charge in [0, 0.05) is 4.90 Å².